The number of carbonyl (C=O) groups is 4. The molecule has 0 heterocycles. The van der Waals surface area contributed by atoms with E-state index >= 15 is 0 Å². The summed E-state index contributed by atoms with van der Waals surface area (Å²) in [7, 11) is 0. The number of ketones is 4. The van der Waals surface area contributed by atoms with Gasteiger partial charge in [-0.15, -0.1) is 0 Å². The molecule has 5 aliphatic rings. The molecule has 0 N–H and O–H groups in total. The topological polar surface area (TPSA) is 68.3 Å². The maximum Gasteiger partial charge on any atom is 0.194 e. The van der Waals surface area contributed by atoms with Crippen LogP contribution in [0.15, 0.2) is 96.1 Å². The van der Waals surface area contributed by atoms with Crippen molar-refractivity contribution in [2.24, 2.45) is 11.8 Å². The van der Waals surface area contributed by atoms with Crippen molar-refractivity contribution < 1.29 is 19.2 Å². The van der Waals surface area contributed by atoms with Crippen LogP contribution in [-0.2, 0) is 0 Å². The Hall–Kier alpha value is -4.96. The minimum Gasteiger partial charge on any atom is -0.294 e. The lowest BCUT2D eigenvalue weighted by Crippen LogP contribution is -2.40. The fraction of sp³-hybridized carbons (Fsp3) is 0.179. The Morgan fingerprint density at radius 1 is 0.442 bits per heavy atom. The van der Waals surface area contributed by atoms with Gasteiger partial charge < -0.3 is 0 Å². The summed E-state index contributed by atoms with van der Waals surface area (Å²) < 4.78 is 0. The smallest absolute Gasteiger partial charge is 0.194 e. The molecule has 4 atom stereocenters. The number of hydrogen-bond acceptors (Lipinski definition) is 4. The molecule has 4 heteroatoms. The summed E-state index contributed by atoms with van der Waals surface area (Å²) >= 11 is 0. The molecule has 43 heavy (non-hydrogen) atoms. The second-order valence-corrected chi connectivity index (χ2v) is 12.9. The van der Waals surface area contributed by atoms with Gasteiger partial charge in [-0.25, -0.2) is 0 Å². The monoisotopic (exact) mass is 556 g/mol. The van der Waals surface area contributed by atoms with Crippen LogP contribution in [0.4, 0.5) is 0 Å². The zero-order valence-corrected chi connectivity index (χ0v) is 23.1. The first-order valence-corrected chi connectivity index (χ1v) is 15.1. The Balaban J connectivity index is 1.06. The maximum atomic E-state index is 13.9. The molecule has 0 saturated heterocycles. The third-order valence-electron chi connectivity index (χ3n) is 11.0. The van der Waals surface area contributed by atoms with E-state index in [4.69, 9.17) is 0 Å². The highest BCUT2D eigenvalue weighted by atomic mass is 16.1. The number of fused-ring (bicyclic) bond motifs is 13. The van der Waals surface area contributed by atoms with E-state index in [0.29, 0.717) is 46.2 Å². The SMILES string of the molecule is O=C1c2cc3c(cc2C(=O)c2cc4ccccc4cc21)[C@H]1C[C@@H]3C2=C1CC1C(=O)c3cc4ccccc4cc3C(=O)C1C2. The highest BCUT2D eigenvalue weighted by Crippen LogP contribution is 2.63. The van der Waals surface area contributed by atoms with Crippen molar-refractivity contribution in [1.29, 1.82) is 0 Å². The number of carbonyl (C=O) groups excluding carboxylic acids is 4. The molecule has 4 nitrogen and oxygen atoms in total. The van der Waals surface area contributed by atoms with Crippen molar-refractivity contribution >= 4 is 44.7 Å². The Bertz CT molecular complexity index is 2110. The van der Waals surface area contributed by atoms with E-state index in [9.17, 15) is 19.2 Å². The summed E-state index contributed by atoms with van der Waals surface area (Å²) in [5, 5.41) is 3.84. The van der Waals surface area contributed by atoms with Crippen LogP contribution in [0.5, 0.6) is 0 Å². The normalized spacial score (nSPS) is 24.6. The molecule has 0 fully saturated rings. The average Bonchev–Trinajstić information content (AvgIpc) is 3.60. The number of hydrogen-bond donors (Lipinski definition) is 0. The molecule has 2 bridgehead atoms. The van der Waals surface area contributed by atoms with Gasteiger partial charge in [-0.05, 0) is 88.3 Å². The molecule has 0 aromatic heterocycles. The van der Waals surface area contributed by atoms with E-state index in [-0.39, 0.29) is 46.8 Å². The molecule has 5 aliphatic carbocycles. The van der Waals surface area contributed by atoms with Gasteiger partial charge >= 0.3 is 0 Å². The summed E-state index contributed by atoms with van der Waals surface area (Å²) in [6.07, 6.45) is 2.08. The first-order valence-electron chi connectivity index (χ1n) is 15.1. The van der Waals surface area contributed by atoms with E-state index in [0.717, 1.165) is 39.1 Å². The third-order valence-corrected chi connectivity index (χ3v) is 11.0. The number of rotatable bonds is 0. The van der Waals surface area contributed by atoms with Gasteiger partial charge in [0.25, 0.3) is 0 Å². The van der Waals surface area contributed by atoms with Crippen LogP contribution in [-0.4, -0.2) is 23.1 Å². The van der Waals surface area contributed by atoms with Crippen LogP contribution in [0.1, 0.15) is 94.8 Å². The van der Waals surface area contributed by atoms with Crippen LogP contribution in [0.2, 0.25) is 0 Å². The van der Waals surface area contributed by atoms with Crippen LogP contribution in [0.25, 0.3) is 21.5 Å². The maximum absolute atomic E-state index is 13.9. The number of allylic oxidation sites excluding steroid dienone is 2. The van der Waals surface area contributed by atoms with Crippen molar-refractivity contribution in [3.05, 3.63) is 141 Å². The zero-order valence-electron chi connectivity index (χ0n) is 23.1. The second-order valence-electron chi connectivity index (χ2n) is 12.9. The van der Waals surface area contributed by atoms with Crippen molar-refractivity contribution in [2.45, 2.75) is 31.1 Å². The summed E-state index contributed by atoms with van der Waals surface area (Å²) in [5.41, 5.74) is 7.83. The van der Waals surface area contributed by atoms with Gasteiger partial charge in [0, 0.05) is 57.1 Å². The van der Waals surface area contributed by atoms with Gasteiger partial charge in [0.2, 0.25) is 0 Å². The molecule has 0 amide bonds. The Morgan fingerprint density at radius 3 is 1.19 bits per heavy atom. The fourth-order valence-electron chi connectivity index (χ4n) is 9.02. The molecular formula is C39H24O4. The lowest BCUT2D eigenvalue weighted by atomic mass is 9.63. The first-order chi connectivity index (χ1) is 21.0. The number of benzene rings is 5. The standard InChI is InChI=1S/C39H24O4/c40-36-28-9-18-5-1-2-6-19(18)10-29(28)37(41)33-15-25-23-13-22(24(25)14-32(33)36)26-16-34-35(17-27(23)26)39(43)31-12-21-8-4-3-7-20(21)11-30(31)38(34)42/h1-12,14-15,22-23,34-35H,13,16-17H2/t22-,23+,34?,35?. The second kappa shape index (κ2) is 7.90. The molecule has 5 aromatic carbocycles. The highest BCUT2D eigenvalue weighted by Gasteiger charge is 2.52. The lowest BCUT2D eigenvalue weighted by Gasteiger charge is -2.39. The molecular weight excluding hydrogens is 532 g/mol. The molecule has 204 valence electrons. The third kappa shape index (κ3) is 2.91. The average molecular weight is 557 g/mol. The van der Waals surface area contributed by atoms with Gasteiger partial charge in [-0.3, -0.25) is 19.2 Å². The summed E-state index contributed by atoms with van der Waals surface area (Å²) in [4.78, 5) is 55.4. The van der Waals surface area contributed by atoms with Crippen LogP contribution >= 0.6 is 0 Å². The molecule has 0 aliphatic heterocycles. The van der Waals surface area contributed by atoms with E-state index in [1.807, 2.05) is 84.9 Å². The summed E-state index contributed by atoms with van der Waals surface area (Å²) in [5.74, 6) is -0.477. The largest absolute Gasteiger partial charge is 0.294 e. The predicted octanol–water partition coefficient (Wildman–Crippen LogP) is 7.75. The van der Waals surface area contributed by atoms with Gasteiger partial charge in [0.15, 0.2) is 23.1 Å². The van der Waals surface area contributed by atoms with Crippen molar-refractivity contribution in [2.75, 3.05) is 0 Å². The van der Waals surface area contributed by atoms with Crippen LogP contribution in [0, 0.1) is 11.8 Å². The van der Waals surface area contributed by atoms with Crippen LogP contribution < -0.4 is 0 Å². The molecule has 5 aromatic rings. The van der Waals surface area contributed by atoms with Crippen molar-refractivity contribution in [3.8, 4) is 0 Å². The summed E-state index contributed by atoms with van der Waals surface area (Å²) in [6.45, 7) is 0. The van der Waals surface area contributed by atoms with E-state index in [1.54, 1.807) is 0 Å². The van der Waals surface area contributed by atoms with E-state index < -0.39 is 0 Å². The molecule has 0 radical (unpaired) electrons. The molecule has 2 unspecified atom stereocenters. The first kappa shape index (κ1) is 23.6. The Labute approximate surface area is 247 Å². The number of Topliss-reactive ketones (excluding diaryl/α,β-unsaturated/α-hetero) is 2. The van der Waals surface area contributed by atoms with Crippen molar-refractivity contribution in [3.63, 3.8) is 0 Å². The molecule has 0 saturated carbocycles. The van der Waals surface area contributed by atoms with Gasteiger partial charge in [-0.1, -0.05) is 59.7 Å². The fourth-order valence-corrected chi connectivity index (χ4v) is 9.02. The molecule has 0 spiro atoms. The van der Waals surface area contributed by atoms with Gasteiger partial charge in [0.05, 0.1) is 0 Å². The Kier molecular flexibility index (Phi) is 4.33. The lowest BCUT2D eigenvalue weighted by molar-refractivity contribution is 0.0720. The van der Waals surface area contributed by atoms with Crippen LogP contribution in [0.3, 0.4) is 0 Å². The quantitative estimate of drug-likeness (QED) is 0.179. The van der Waals surface area contributed by atoms with Crippen molar-refractivity contribution in [1.82, 2.24) is 0 Å². The zero-order chi connectivity index (χ0) is 28.7. The summed E-state index contributed by atoms with van der Waals surface area (Å²) in [6, 6.07) is 27.1. The van der Waals surface area contributed by atoms with Gasteiger partial charge in [-0.2, -0.15) is 0 Å². The van der Waals surface area contributed by atoms with E-state index in [1.165, 1.54) is 11.1 Å². The molecule has 10 rings (SSSR count). The Morgan fingerprint density at radius 2 is 0.791 bits per heavy atom. The minimum atomic E-state index is -0.344. The van der Waals surface area contributed by atoms with E-state index in [2.05, 4.69) is 0 Å². The minimum absolute atomic E-state index is 0.0787. The predicted molar refractivity (Wildman–Crippen MR) is 163 cm³/mol. The van der Waals surface area contributed by atoms with Gasteiger partial charge in [0.1, 0.15) is 0 Å². The highest BCUT2D eigenvalue weighted by molar-refractivity contribution is 6.29.